The second-order valence-electron chi connectivity index (χ2n) is 6.55. The smallest absolute Gasteiger partial charge is 0.290 e. The van der Waals surface area contributed by atoms with Gasteiger partial charge in [0.25, 0.3) is 5.56 Å². The number of hydrogen-bond donors (Lipinski definition) is 1. The molecular weight excluding hydrogens is 360 g/mol. The van der Waals surface area contributed by atoms with Gasteiger partial charge in [-0.2, -0.15) is 0 Å². The van der Waals surface area contributed by atoms with Gasteiger partial charge >= 0.3 is 0 Å². The first-order valence-electron chi connectivity index (χ1n) is 9.06. The number of amides is 1. The molecule has 0 saturated carbocycles. The molecule has 10 heteroatoms. The Hall–Kier alpha value is -3.56. The normalized spacial score (nSPS) is 15.4. The number of nitrogens with zero attached hydrogens (tertiary/aromatic N) is 7. The van der Waals surface area contributed by atoms with E-state index < -0.39 is 6.04 Å². The average Bonchev–Trinajstić information content (AvgIpc) is 3.27. The largest absolute Gasteiger partial charge is 0.348 e. The Morgan fingerprint density at radius 2 is 1.93 bits per heavy atom. The first-order chi connectivity index (χ1) is 13.7. The fourth-order valence-corrected chi connectivity index (χ4v) is 3.36. The van der Waals surface area contributed by atoms with Crippen LogP contribution in [0.2, 0.25) is 0 Å². The van der Waals surface area contributed by atoms with Gasteiger partial charge in [-0.25, -0.2) is 9.67 Å². The number of nitrogens with one attached hydrogen (secondary N) is 1. The molecule has 1 aliphatic heterocycles. The van der Waals surface area contributed by atoms with Gasteiger partial charge in [0.15, 0.2) is 5.82 Å². The zero-order valence-corrected chi connectivity index (χ0v) is 15.2. The van der Waals surface area contributed by atoms with E-state index >= 15 is 0 Å². The number of tetrazole rings is 1. The quantitative estimate of drug-likeness (QED) is 0.657. The van der Waals surface area contributed by atoms with Crippen LogP contribution in [0.3, 0.4) is 0 Å². The van der Waals surface area contributed by atoms with Crippen molar-refractivity contribution in [2.45, 2.75) is 12.5 Å². The van der Waals surface area contributed by atoms with Crippen LogP contribution in [0.4, 0.5) is 5.82 Å². The number of rotatable bonds is 5. The molecule has 10 nitrogen and oxygen atoms in total. The molecule has 28 heavy (non-hydrogen) atoms. The zero-order chi connectivity index (χ0) is 19.3. The molecule has 1 fully saturated rings. The molecular formula is C18H20N8O2. The van der Waals surface area contributed by atoms with E-state index in [1.54, 1.807) is 11.1 Å². The van der Waals surface area contributed by atoms with E-state index in [0.717, 1.165) is 5.56 Å². The number of H-pyrrole nitrogens is 1. The molecule has 1 atom stereocenters. The number of aromatic amines is 1. The standard InChI is InChI=1S/C18H20N8O2/c27-17-16(19-6-7-20-17)24-8-10-25(11-9-24)18(28)15(26-13-21-22-23-26)12-14-4-2-1-3-5-14/h1-7,13,15H,8-12H2,(H,20,27). The maximum absolute atomic E-state index is 13.2. The third-order valence-electron chi connectivity index (χ3n) is 4.82. The van der Waals surface area contributed by atoms with E-state index in [9.17, 15) is 9.59 Å². The van der Waals surface area contributed by atoms with Crippen LogP contribution < -0.4 is 10.5 Å². The summed E-state index contributed by atoms with van der Waals surface area (Å²) in [4.78, 5) is 35.6. The third kappa shape index (κ3) is 3.75. The SMILES string of the molecule is O=C(C(Cc1ccccc1)n1cnnn1)N1CCN(c2ncc[nH]c2=O)CC1. The van der Waals surface area contributed by atoms with Gasteiger partial charge in [-0.1, -0.05) is 30.3 Å². The van der Waals surface area contributed by atoms with E-state index in [0.29, 0.717) is 38.4 Å². The van der Waals surface area contributed by atoms with Crippen LogP contribution in [0.15, 0.2) is 53.8 Å². The van der Waals surface area contributed by atoms with E-state index in [2.05, 4.69) is 25.5 Å². The third-order valence-corrected chi connectivity index (χ3v) is 4.82. The highest BCUT2D eigenvalue weighted by atomic mass is 16.2. The number of anilines is 1. The van der Waals surface area contributed by atoms with E-state index in [-0.39, 0.29) is 11.5 Å². The van der Waals surface area contributed by atoms with E-state index in [1.807, 2.05) is 35.2 Å². The monoisotopic (exact) mass is 380 g/mol. The fraction of sp³-hybridized carbons (Fsp3) is 0.333. The maximum atomic E-state index is 13.2. The molecule has 0 radical (unpaired) electrons. The Kier molecular flexibility index (Phi) is 5.09. The molecule has 1 unspecified atom stereocenters. The number of piperazine rings is 1. The molecule has 2 aromatic heterocycles. The van der Waals surface area contributed by atoms with Crippen molar-refractivity contribution in [3.63, 3.8) is 0 Å². The van der Waals surface area contributed by atoms with Crippen LogP contribution in [0.25, 0.3) is 0 Å². The van der Waals surface area contributed by atoms with Crippen molar-refractivity contribution in [2.24, 2.45) is 0 Å². The predicted octanol–water partition coefficient (Wildman–Crippen LogP) is -0.111. The molecule has 1 aromatic carbocycles. The van der Waals surface area contributed by atoms with Gasteiger partial charge in [0.05, 0.1) is 0 Å². The summed E-state index contributed by atoms with van der Waals surface area (Å²) in [6.45, 7) is 2.09. The molecule has 1 aliphatic rings. The Morgan fingerprint density at radius 1 is 1.14 bits per heavy atom. The maximum Gasteiger partial charge on any atom is 0.290 e. The first kappa shape index (κ1) is 17.8. The average molecular weight is 380 g/mol. The lowest BCUT2D eigenvalue weighted by atomic mass is 10.0. The van der Waals surface area contributed by atoms with Gasteiger partial charge in [0.1, 0.15) is 12.4 Å². The van der Waals surface area contributed by atoms with Crippen molar-refractivity contribution < 1.29 is 4.79 Å². The van der Waals surface area contributed by atoms with Gasteiger partial charge in [-0.15, -0.1) is 5.10 Å². The van der Waals surface area contributed by atoms with Gasteiger partial charge in [0.2, 0.25) is 5.91 Å². The summed E-state index contributed by atoms with van der Waals surface area (Å²) in [7, 11) is 0. The van der Waals surface area contributed by atoms with Gasteiger partial charge < -0.3 is 14.8 Å². The van der Waals surface area contributed by atoms with Crippen molar-refractivity contribution in [2.75, 3.05) is 31.1 Å². The summed E-state index contributed by atoms with van der Waals surface area (Å²) in [5.74, 6) is 0.349. The minimum absolute atomic E-state index is 0.0364. The summed E-state index contributed by atoms with van der Waals surface area (Å²) in [6, 6.07) is 9.28. The highest BCUT2D eigenvalue weighted by Gasteiger charge is 2.30. The number of carbonyl (C=O) groups is 1. The molecule has 3 aromatic rings. The summed E-state index contributed by atoms with van der Waals surface area (Å²) in [5.41, 5.74) is 0.813. The van der Waals surface area contributed by atoms with Crippen LogP contribution >= 0.6 is 0 Å². The topological polar surface area (TPSA) is 113 Å². The van der Waals surface area contributed by atoms with Crippen LogP contribution in [0, 0.1) is 0 Å². The second-order valence-corrected chi connectivity index (χ2v) is 6.55. The van der Waals surface area contributed by atoms with Crippen LogP contribution in [0.1, 0.15) is 11.6 Å². The minimum Gasteiger partial charge on any atom is -0.348 e. The number of hydrogen-bond acceptors (Lipinski definition) is 7. The highest BCUT2D eigenvalue weighted by Crippen LogP contribution is 2.18. The van der Waals surface area contributed by atoms with Crippen molar-refractivity contribution >= 4 is 11.7 Å². The molecule has 1 N–H and O–H groups in total. The molecule has 4 rings (SSSR count). The Bertz CT molecular complexity index is 965. The molecule has 1 saturated heterocycles. The van der Waals surface area contributed by atoms with Gasteiger partial charge in [-0.3, -0.25) is 9.59 Å². The van der Waals surface area contributed by atoms with Gasteiger partial charge in [-0.05, 0) is 16.0 Å². The fourth-order valence-electron chi connectivity index (χ4n) is 3.36. The highest BCUT2D eigenvalue weighted by molar-refractivity contribution is 5.81. The van der Waals surface area contributed by atoms with Gasteiger partial charge in [0, 0.05) is 45.0 Å². The van der Waals surface area contributed by atoms with Crippen LogP contribution in [-0.2, 0) is 11.2 Å². The Labute approximate surface area is 160 Å². The Morgan fingerprint density at radius 3 is 2.61 bits per heavy atom. The summed E-state index contributed by atoms with van der Waals surface area (Å²) >= 11 is 0. The van der Waals surface area contributed by atoms with Crippen molar-refractivity contribution in [3.8, 4) is 0 Å². The van der Waals surface area contributed by atoms with Crippen molar-refractivity contribution in [1.29, 1.82) is 0 Å². The van der Waals surface area contributed by atoms with Crippen molar-refractivity contribution in [3.05, 3.63) is 65.0 Å². The molecule has 0 spiro atoms. The second kappa shape index (κ2) is 7.99. The summed E-state index contributed by atoms with van der Waals surface area (Å²) in [5, 5.41) is 11.3. The number of aromatic nitrogens is 6. The van der Waals surface area contributed by atoms with Crippen molar-refractivity contribution in [1.82, 2.24) is 35.1 Å². The first-order valence-corrected chi connectivity index (χ1v) is 9.06. The minimum atomic E-state index is -0.512. The van der Waals surface area contributed by atoms with E-state index in [1.165, 1.54) is 17.2 Å². The predicted molar refractivity (Wildman–Crippen MR) is 101 cm³/mol. The molecule has 1 amide bonds. The number of benzene rings is 1. The zero-order valence-electron chi connectivity index (χ0n) is 15.2. The Balaban J connectivity index is 1.47. The molecule has 144 valence electrons. The van der Waals surface area contributed by atoms with Crippen LogP contribution in [0.5, 0.6) is 0 Å². The van der Waals surface area contributed by atoms with Crippen LogP contribution in [-0.4, -0.2) is 67.2 Å². The lowest BCUT2D eigenvalue weighted by Gasteiger charge is -2.36. The lowest BCUT2D eigenvalue weighted by Crippen LogP contribution is -2.52. The van der Waals surface area contributed by atoms with E-state index in [4.69, 9.17) is 0 Å². The lowest BCUT2D eigenvalue weighted by molar-refractivity contribution is -0.135. The number of carbonyl (C=O) groups excluding carboxylic acids is 1. The molecule has 3 heterocycles. The summed E-state index contributed by atoms with van der Waals surface area (Å²) in [6.07, 6.45) is 5.04. The molecule has 0 bridgehead atoms. The summed E-state index contributed by atoms with van der Waals surface area (Å²) < 4.78 is 1.51. The molecule has 0 aliphatic carbocycles.